The molecule has 1 rings (SSSR count). The topological polar surface area (TPSA) is 29.5 Å². The van der Waals surface area contributed by atoms with Gasteiger partial charge in [0.1, 0.15) is 0 Å². The summed E-state index contributed by atoms with van der Waals surface area (Å²) in [6.07, 6.45) is 9.98. The van der Waals surface area contributed by atoms with Crippen LogP contribution < -0.4 is 0 Å². The Balaban J connectivity index is 2.64. The molecule has 1 aromatic rings. The number of rotatable bonds is 16. The maximum atomic E-state index is 10.6. The monoisotopic (exact) mass is 496 g/mol. The SMILES string of the molecule is CCC[CH2][Sn](/[CH]=C/[C@@H](C)[C@@H](O)COCc1ccccc1)([CH2]CCC)[CH2]CCC. The summed E-state index contributed by atoms with van der Waals surface area (Å²) < 4.78 is 12.9. The van der Waals surface area contributed by atoms with Crippen LogP contribution in [-0.4, -0.2) is 36.2 Å². The summed E-state index contributed by atoms with van der Waals surface area (Å²) in [5.41, 5.74) is 1.16. The van der Waals surface area contributed by atoms with Crippen LogP contribution in [0.25, 0.3) is 0 Å². The molecule has 0 spiro atoms. The fourth-order valence-corrected chi connectivity index (χ4v) is 18.4. The van der Waals surface area contributed by atoms with Crippen molar-refractivity contribution in [1.82, 2.24) is 0 Å². The van der Waals surface area contributed by atoms with E-state index in [9.17, 15) is 5.11 Å². The predicted molar refractivity (Wildman–Crippen MR) is 125 cm³/mol. The Bertz CT molecular complexity index is 493. The van der Waals surface area contributed by atoms with Gasteiger partial charge >= 0.3 is 179 Å². The first kappa shape index (κ1) is 25.7. The molecule has 0 unspecified atom stereocenters. The van der Waals surface area contributed by atoms with Gasteiger partial charge in [-0.25, -0.2) is 0 Å². The summed E-state index contributed by atoms with van der Waals surface area (Å²) in [7, 11) is 0. The summed E-state index contributed by atoms with van der Waals surface area (Å²) in [5, 5.41) is 10.6. The molecule has 0 heterocycles. The zero-order valence-electron chi connectivity index (χ0n) is 18.8. The van der Waals surface area contributed by atoms with Crippen molar-refractivity contribution in [2.24, 2.45) is 5.92 Å². The number of ether oxygens (including phenoxy) is 1. The average Bonchev–Trinajstić information content (AvgIpc) is 2.73. The molecule has 2 atom stereocenters. The summed E-state index contributed by atoms with van der Waals surface area (Å²) >= 11 is -2.25. The molecular weight excluding hydrogens is 451 g/mol. The molecule has 1 aromatic carbocycles. The molecule has 0 aliphatic rings. The number of benzene rings is 1. The number of hydrogen-bond donors (Lipinski definition) is 1. The van der Waals surface area contributed by atoms with Gasteiger partial charge in [-0.1, -0.05) is 0 Å². The van der Waals surface area contributed by atoms with E-state index in [4.69, 9.17) is 4.74 Å². The van der Waals surface area contributed by atoms with Crippen LogP contribution in [0.2, 0.25) is 13.3 Å². The van der Waals surface area contributed by atoms with Crippen LogP contribution in [0.15, 0.2) is 40.5 Å². The van der Waals surface area contributed by atoms with Crippen LogP contribution in [0, 0.1) is 5.92 Å². The van der Waals surface area contributed by atoms with Gasteiger partial charge in [-0.15, -0.1) is 0 Å². The number of aliphatic hydroxyl groups is 1. The molecule has 0 fully saturated rings. The average molecular weight is 495 g/mol. The molecule has 28 heavy (non-hydrogen) atoms. The number of unbranched alkanes of at least 4 members (excludes halogenated alkanes) is 3. The van der Waals surface area contributed by atoms with E-state index in [1.165, 1.54) is 51.8 Å². The molecule has 0 saturated carbocycles. The van der Waals surface area contributed by atoms with Crippen molar-refractivity contribution in [2.75, 3.05) is 6.61 Å². The van der Waals surface area contributed by atoms with Crippen molar-refractivity contribution in [3.63, 3.8) is 0 Å². The second-order valence-corrected chi connectivity index (χ2v) is 21.5. The molecular formula is C25H44O2Sn. The third kappa shape index (κ3) is 10.5. The minimum absolute atomic E-state index is 0.164. The van der Waals surface area contributed by atoms with Crippen molar-refractivity contribution in [1.29, 1.82) is 0 Å². The van der Waals surface area contributed by atoms with E-state index in [-0.39, 0.29) is 5.92 Å². The Hall–Kier alpha value is -0.321. The normalized spacial score (nSPS) is 14.5. The Morgan fingerprint density at radius 2 is 1.46 bits per heavy atom. The molecule has 0 aromatic heterocycles. The number of hydrogen-bond acceptors (Lipinski definition) is 2. The minimum atomic E-state index is -2.25. The third-order valence-electron chi connectivity index (χ3n) is 5.85. The molecule has 1 N–H and O–H groups in total. The van der Waals surface area contributed by atoms with E-state index in [1.807, 2.05) is 18.2 Å². The van der Waals surface area contributed by atoms with Crippen LogP contribution in [-0.2, 0) is 11.3 Å². The first-order valence-corrected chi connectivity index (χ1v) is 19.3. The molecule has 160 valence electrons. The van der Waals surface area contributed by atoms with Crippen molar-refractivity contribution in [3.05, 3.63) is 46.1 Å². The van der Waals surface area contributed by atoms with Crippen molar-refractivity contribution >= 4 is 18.4 Å². The van der Waals surface area contributed by atoms with E-state index in [2.05, 4.69) is 50.0 Å². The van der Waals surface area contributed by atoms with Crippen LogP contribution >= 0.6 is 0 Å². The van der Waals surface area contributed by atoms with Gasteiger partial charge in [0.15, 0.2) is 0 Å². The van der Waals surface area contributed by atoms with Gasteiger partial charge in [0.05, 0.1) is 0 Å². The summed E-state index contributed by atoms with van der Waals surface area (Å²) in [6.45, 7) is 10.1. The van der Waals surface area contributed by atoms with E-state index in [0.29, 0.717) is 13.2 Å². The van der Waals surface area contributed by atoms with Gasteiger partial charge in [0.2, 0.25) is 0 Å². The standard InChI is InChI=1S/C13H17O2.3C4H9.Sn/c1-3-11(2)13(14)10-15-9-12-7-5-4-6-8-12;3*1-3-4-2;/h1,3-8,11,13-14H,9-10H2,2H3;3*1,3-4H2,2H3;/t11-,13+;;;;/m1..../s1. The van der Waals surface area contributed by atoms with Gasteiger partial charge < -0.3 is 0 Å². The quantitative estimate of drug-likeness (QED) is 0.247. The molecule has 0 radical (unpaired) electrons. The Labute approximate surface area is 178 Å². The Kier molecular flexibility index (Phi) is 14.2. The van der Waals surface area contributed by atoms with Crippen molar-refractivity contribution < 1.29 is 9.84 Å². The number of aliphatic hydroxyl groups excluding tert-OH is 1. The Morgan fingerprint density at radius 1 is 0.929 bits per heavy atom. The molecule has 2 nitrogen and oxygen atoms in total. The van der Waals surface area contributed by atoms with Crippen molar-refractivity contribution in [3.8, 4) is 0 Å². The molecule has 0 aliphatic heterocycles. The van der Waals surface area contributed by atoms with Crippen molar-refractivity contribution in [2.45, 2.75) is 92.2 Å². The first-order chi connectivity index (χ1) is 13.6. The molecule has 0 amide bonds. The van der Waals surface area contributed by atoms with Crippen LogP contribution in [0.5, 0.6) is 0 Å². The molecule has 0 aliphatic carbocycles. The fourth-order valence-electron chi connectivity index (χ4n) is 3.72. The second kappa shape index (κ2) is 15.5. The Morgan fingerprint density at radius 3 is 1.96 bits per heavy atom. The predicted octanol–water partition coefficient (Wildman–Crippen LogP) is 7.14. The summed E-state index contributed by atoms with van der Waals surface area (Å²) in [5.74, 6) is 0.164. The molecule has 0 saturated heterocycles. The van der Waals surface area contributed by atoms with Crippen LogP contribution in [0.3, 0.4) is 0 Å². The van der Waals surface area contributed by atoms with Gasteiger partial charge in [0.25, 0.3) is 0 Å². The third-order valence-corrected chi connectivity index (χ3v) is 20.0. The zero-order valence-corrected chi connectivity index (χ0v) is 21.7. The summed E-state index contributed by atoms with van der Waals surface area (Å²) in [4.78, 5) is 0. The van der Waals surface area contributed by atoms with Crippen LogP contribution in [0.4, 0.5) is 0 Å². The van der Waals surface area contributed by atoms with E-state index >= 15 is 0 Å². The first-order valence-electron chi connectivity index (χ1n) is 11.6. The fraction of sp³-hybridized carbons (Fsp3) is 0.680. The zero-order chi connectivity index (χ0) is 20.7. The molecule has 0 bridgehead atoms. The van der Waals surface area contributed by atoms with Gasteiger partial charge in [-0.2, -0.15) is 0 Å². The van der Waals surface area contributed by atoms with Crippen LogP contribution in [0.1, 0.15) is 71.8 Å². The van der Waals surface area contributed by atoms with E-state index in [1.54, 1.807) is 0 Å². The molecule has 3 heteroatoms. The van der Waals surface area contributed by atoms with Gasteiger partial charge in [-0.3, -0.25) is 0 Å². The van der Waals surface area contributed by atoms with E-state index < -0.39 is 24.5 Å². The maximum absolute atomic E-state index is 10.6. The summed E-state index contributed by atoms with van der Waals surface area (Å²) in [6, 6.07) is 10.2. The van der Waals surface area contributed by atoms with Gasteiger partial charge in [0, 0.05) is 0 Å². The van der Waals surface area contributed by atoms with E-state index in [0.717, 1.165) is 5.56 Å². The van der Waals surface area contributed by atoms with Gasteiger partial charge in [-0.05, 0) is 0 Å². The second-order valence-electron chi connectivity index (χ2n) is 8.46.